The normalized spacial score (nSPS) is 12.2. The molecular formula is C16H16Cl2O2. The molecule has 0 aliphatic carbocycles. The molecule has 0 amide bonds. The molecule has 20 heavy (non-hydrogen) atoms. The van der Waals surface area contributed by atoms with E-state index in [1.165, 1.54) is 0 Å². The van der Waals surface area contributed by atoms with E-state index in [1.807, 2.05) is 25.1 Å². The van der Waals surface area contributed by atoms with Crippen molar-refractivity contribution in [2.45, 2.75) is 19.4 Å². The molecule has 0 saturated heterocycles. The molecule has 2 aromatic carbocycles. The van der Waals surface area contributed by atoms with E-state index in [0.717, 1.165) is 11.1 Å². The number of methoxy groups -OCH3 is 1. The maximum Gasteiger partial charge on any atom is 0.126 e. The van der Waals surface area contributed by atoms with Crippen LogP contribution in [0.5, 0.6) is 5.75 Å². The van der Waals surface area contributed by atoms with Crippen molar-refractivity contribution >= 4 is 23.2 Å². The third kappa shape index (κ3) is 3.45. The Labute approximate surface area is 128 Å². The summed E-state index contributed by atoms with van der Waals surface area (Å²) in [6.07, 6.45) is -0.265. The Morgan fingerprint density at radius 1 is 1.15 bits per heavy atom. The highest BCUT2D eigenvalue weighted by Crippen LogP contribution is 2.31. The highest BCUT2D eigenvalue weighted by atomic mass is 35.5. The first-order valence-corrected chi connectivity index (χ1v) is 7.03. The molecule has 106 valence electrons. The second-order valence-electron chi connectivity index (χ2n) is 4.70. The summed E-state index contributed by atoms with van der Waals surface area (Å²) >= 11 is 12.1. The van der Waals surface area contributed by atoms with Gasteiger partial charge in [0.2, 0.25) is 0 Å². The van der Waals surface area contributed by atoms with Crippen molar-refractivity contribution in [3.8, 4) is 5.75 Å². The van der Waals surface area contributed by atoms with Crippen molar-refractivity contribution in [1.29, 1.82) is 0 Å². The SMILES string of the molecule is COc1cc(Cl)ccc1C(O)Cc1ccc(C)cc1Cl. The number of hydrogen-bond acceptors (Lipinski definition) is 2. The molecule has 2 nitrogen and oxygen atoms in total. The van der Waals surface area contributed by atoms with E-state index in [4.69, 9.17) is 27.9 Å². The van der Waals surface area contributed by atoms with E-state index in [-0.39, 0.29) is 0 Å². The first-order chi connectivity index (χ1) is 9.51. The number of hydrogen-bond donors (Lipinski definition) is 1. The maximum absolute atomic E-state index is 10.4. The van der Waals surface area contributed by atoms with Gasteiger partial charge in [0.15, 0.2) is 0 Å². The lowest BCUT2D eigenvalue weighted by Crippen LogP contribution is -2.04. The van der Waals surface area contributed by atoms with Gasteiger partial charge >= 0.3 is 0 Å². The first-order valence-electron chi connectivity index (χ1n) is 6.28. The van der Waals surface area contributed by atoms with Crippen LogP contribution in [0.3, 0.4) is 0 Å². The van der Waals surface area contributed by atoms with Crippen molar-refractivity contribution < 1.29 is 9.84 Å². The van der Waals surface area contributed by atoms with Gasteiger partial charge in [-0.05, 0) is 36.2 Å². The Morgan fingerprint density at radius 2 is 1.90 bits per heavy atom. The van der Waals surface area contributed by atoms with E-state index in [1.54, 1.807) is 25.3 Å². The van der Waals surface area contributed by atoms with Gasteiger partial charge in [-0.2, -0.15) is 0 Å². The molecule has 0 fully saturated rings. The van der Waals surface area contributed by atoms with Gasteiger partial charge in [-0.15, -0.1) is 0 Å². The maximum atomic E-state index is 10.4. The van der Waals surface area contributed by atoms with Crippen molar-refractivity contribution in [1.82, 2.24) is 0 Å². The Balaban J connectivity index is 2.25. The number of benzene rings is 2. The van der Waals surface area contributed by atoms with Gasteiger partial charge in [0, 0.05) is 22.0 Å². The minimum atomic E-state index is -0.692. The second-order valence-corrected chi connectivity index (χ2v) is 5.54. The molecule has 0 radical (unpaired) electrons. The summed E-state index contributed by atoms with van der Waals surface area (Å²) in [4.78, 5) is 0. The summed E-state index contributed by atoms with van der Waals surface area (Å²) < 4.78 is 5.26. The van der Waals surface area contributed by atoms with Crippen LogP contribution in [0, 0.1) is 6.92 Å². The zero-order valence-corrected chi connectivity index (χ0v) is 12.9. The third-order valence-electron chi connectivity index (χ3n) is 3.18. The van der Waals surface area contributed by atoms with Gasteiger partial charge < -0.3 is 9.84 Å². The molecule has 0 aliphatic heterocycles. The number of rotatable bonds is 4. The Morgan fingerprint density at radius 3 is 2.55 bits per heavy atom. The largest absolute Gasteiger partial charge is 0.496 e. The molecular weight excluding hydrogens is 295 g/mol. The quantitative estimate of drug-likeness (QED) is 0.895. The molecule has 0 bridgehead atoms. The smallest absolute Gasteiger partial charge is 0.126 e. The van der Waals surface area contributed by atoms with Gasteiger partial charge in [0.1, 0.15) is 5.75 Å². The highest BCUT2D eigenvalue weighted by Gasteiger charge is 2.15. The first kappa shape index (κ1) is 15.2. The van der Waals surface area contributed by atoms with Crippen LogP contribution in [0.4, 0.5) is 0 Å². The molecule has 1 N–H and O–H groups in total. The van der Waals surface area contributed by atoms with E-state index in [2.05, 4.69) is 0 Å². The number of aliphatic hydroxyl groups is 1. The summed E-state index contributed by atoms with van der Waals surface area (Å²) in [6.45, 7) is 1.98. The molecule has 2 aromatic rings. The molecule has 4 heteroatoms. The monoisotopic (exact) mass is 310 g/mol. The lowest BCUT2D eigenvalue weighted by molar-refractivity contribution is 0.174. The summed E-state index contributed by atoms with van der Waals surface area (Å²) in [5, 5.41) is 11.6. The lowest BCUT2D eigenvalue weighted by atomic mass is 10.00. The van der Waals surface area contributed by atoms with Gasteiger partial charge in [-0.3, -0.25) is 0 Å². The van der Waals surface area contributed by atoms with Crippen LogP contribution in [0.15, 0.2) is 36.4 Å². The standard InChI is InChI=1S/C16H16Cl2O2/c1-10-3-4-11(14(18)7-10)8-15(19)13-6-5-12(17)9-16(13)20-2/h3-7,9,15,19H,8H2,1-2H3. The van der Waals surface area contributed by atoms with Crippen LogP contribution in [0.25, 0.3) is 0 Å². The molecule has 2 rings (SSSR count). The van der Waals surface area contributed by atoms with Crippen LogP contribution in [0.2, 0.25) is 10.0 Å². The fourth-order valence-corrected chi connectivity index (χ4v) is 2.57. The molecule has 0 heterocycles. The van der Waals surface area contributed by atoms with Crippen molar-refractivity contribution in [3.05, 3.63) is 63.1 Å². The van der Waals surface area contributed by atoms with Crippen LogP contribution >= 0.6 is 23.2 Å². The van der Waals surface area contributed by atoms with Crippen LogP contribution in [-0.4, -0.2) is 12.2 Å². The average Bonchev–Trinajstić information content (AvgIpc) is 2.41. The number of halogens is 2. The number of aryl methyl sites for hydroxylation is 1. The van der Waals surface area contributed by atoms with Crippen molar-refractivity contribution in [2.75, 3.05) is 7.11 Å². The van der Waals surface area contributed by atoms with E-state index < -0.39 is 6.10 Å². The van der Waals surface area contributed by atoms with Crippen LogP contribution < -0.4 is 4.74 Å². The van der Waals surface area contributed by atoms with Gasteiger partial charge in [-0.1, -0.05) is 41.4 Å². The molecule has 0 spiro atoms. The summed E-state index contributed by atoms with van der Waals surface area (Å²) in [5.41, 5.74) is 2.70. The van der Waals surface area contributed by atoms with Gasteiger partial charge in [0.25, 0.3) is 0 Å². The molecule has 0 saturated carbocycles. The van der Waals surface area contributed by atoms with Crippen molar-refractivity contribution in [3.63, 3.8) is 0 Å². The van der Waals surface area contributed by atoms with Gasteiger partial charge in [0.05, 0.1) is 13.2 Å². The molecule has 0 aliphatic rings. The summed E-state index contributed by atoms with van der Waals surface area (Å²) in [7, 11) is 1.56. The van der Waals surface area contributed by atoms with E-state index in [9.17, 15) is 5.11 Å². The lowest BCUT2D eigenvalue weighted by Gasteiger charge is -2.16. The van der Waals surface area contributed by atoms with Crippen LogP contribution in [0.1, 0.15) is 22.8 Å². The predicted molar refractivity (Wildman–Crippen MR) is 82.9 cm³/mol. The zero-order chi connectivity index (χ0) is 14.7. The van der Waals surface area contributed by atoms with Gasteiger partial charge in [-0.25, -0.2) is 0 Å². The second kappa shape index (κ2) is 6.49. The Kier molecular flexibility index (Phi) is 4.92. The molecule has 1 unspecified atom stereocenters. The predicted octanol–water partition coefficient (Wildman–Crippen LogP) is 4.59. The van der Waals surface area contributed by atoms with Crippen LogP contribution in [-0.2, 0) is 6.42 Å². The summed E-state index contributed by atoms with van der Waals surface area (Å²) in [6, 6.07) is 11.0. The minimum Gasteiger partial charge on any atom is -0.496 e. The summed E-state index contributed by atoms with van der Waals surface area (Å²) in [5.74, 6) is 0.577. The zero-order valence-electron chi connectivity index (χ0n) is 11.4. The Bertz CT molecular complexity index is 611. The van der Waals surface area contributed by atoms with E-state index in [0.29, 0.717) is 27.8 Å². The highest BCUT2D eigenvalue weighted by molar-refractivity contribution is 6.31. The number of aliphatic hydroxyl groups excluding tert-OH is 1. The minimum absolute atomic E-state index is 0.428. The fourth-order valence-electron chi connectivity index (χ4n) is 2.10. The van der Waals surface area contributed by atoms with E-state index >= 15 is 0 Å². The molecule has 0 aromatic heterocycles. The fraction of sp³-hybridized carbons (Fsp3) is 0.250. The Hall–Kier alpha value is -1.22. The van der Waals surface area contributed by atoms with Crippen molar-refractivity contribution in [2.24, 2.45) is 0 Å². The molecule has 1 atom stereocenters. The third-order valence-corrected chi connectivity index (χ3v) is 3.76. The average molecular weight is 311 g/mol. The topological polar surface area (TPSA) is 29.5 Å². The number of ether oxygens (including phenoxy) is 1.